The van der Waals surface area contributed by atoms with Crippen molar-refractivity contribution < 1.29 is 14.0 Å². The summed E-state index contributed by atoms with van der Waals surface area (Å²) in [6, 6.07) is 12.9. The predicted octanol–water partition coefficient (Wildman–Crippen LogP) is 3.90. The third-order valence-corrected chi connectivity index (χ3v) is 6.22. The molecule has 2 amide bonds. The quantitative estimate of drug-likeness (QED) is 0.672. The molecule has 1 saturated heterocycles. The largest absolute Gasteiger partial charge is 0.351 e. The maximum Gasteiger partial charge on any atom is 0.255 e. The van der Waals surface area contributed by atoms with E-state index in [0.29, 0.717) is 18.2 Å². The van der Waals surface area contributed by atoms with Gasteiger partial charge in [0.05, 0.1) is 5.41 Å². The van der Waals surface area contributed by atoms with Crippen molar-refractivity contribution in [3.8, 4) is 0 Å². The van der Waals surface area contributed by atoms with E-state index >= 15 is 0 Å². The molecule has 5 nitrogen and oxygen atoms in total. The molecule has 2 aromatic rings. The zero-order valence-electron chi connectivity index (χ0n) is 16.7. The monoisotopic (exact) mass is 431 g/mol. The fraction of sp³-hybridized carbons (Fsp3) is 0.391. The van der Waals surface area contributed by atoms with E-state index in [1.165, 1.54) is 24.6 Å². The van der Waals surface area contributed by atoms with E-state index in [9.17, 15) is 14.0 Å². The number of rotatable bonds is 5. The van der Waals surface area contributed by atoms with Crippen molar-refractivity contribution in [2.45, 2.75) is 32.2 Å². The van der Waals surface area contributed by atoms with E-state index < -0.39 is 5.82 Å². The molecule has 30 heavy (non-hydrogen) atoms. The van der Waals surface area contributed by atoms with Crippen molar-refractivity contribution in [2.24, 2.45) is 11.3 Å². The predicted molar refractivity (Wildman–Crippen MR) is 117 cm³/mol. The Morgan fingerprint density at radius 1 is 1.13 bits per heavy atom. The Morgan fingerprint density at radius 3 is 2.80 bits per heavy atom. The lowest BCUT2D eigenvalue weighted by molar-refractivity contribution is -0.134. The Hall–Kier alpha value is -2.44. The smallest absolute Gasteiger partial charge is 0.255 e. The number of amides is 2. The number of carbonyl (C=O) groups excluding carboxylic acids is 2. The van der Waals surface area contributed by atoms with Crippen LogP contribution in [0.1, 0.15) is 41.6 Å². The van der Waals surface area contributed by atoms with Gasteiger partial charge in [-0.1, -0.05) is 31.0 Å². The van der Waals surface area contributed by atoms with Gasteiger partial charge in [0.1, 0.15) is 5.82 Å². The van der Waals surface area contributed by atoms with Crippen LogP contribution in [0.25, 0.3) is 0 Å². The minimum atomic E-state index is -0.448. The maximum absolute atomic E-state index is 13.3. The molecule has 2 fully saturated rings. The molecule has 1 aliphatic heterocycles. The minimum absolute atomic E-state index is 0. The Balaban J connectivity index is 0.00000256. The van der Waals surface area contributed by atoms with Crippen LogP contribution in [-0.4, -0.2) is 24.9 Å². The molecule has 2 aliphatic rings. The number of fused-ring (bicyclic) bond motifs is 1. The number of carbonyl (C=O) groups is 2. The lowest BCUT2D eigenvalue weighted by atomic mass is 9.67. The Labute approximate surface area is 182 Å². The van der Waals surface area contributed by atoms with Gasteiger partial charge in [0.15, 0.2) is 0 Å². The van der Waals surface area contributed by atoms with E-state index in [2.05, 4.69) is 16.0 Å². The van der Waals surface area contributed by atoms with Gasteiger partial charge in [-0.25, -0.2) is 4.39 Å². The van der Waals surface area contributed by atoms with Crippen LogP contribution >= 0.6 is 12.4 Å². The van der Waals surface area contributed by atoms with Crippen LogP contribution in [0.15, 0.2) is 48.5 Å². The van der Waals surface area contributed by atoms with Crippen molar-refractivity contribution in [1.29, 1.82) is 0 Å². The first-order chi connectivity index (χ1) is 14.1. The zero-order valence-corrected chi connectivity index (χ0v) is 17.6. The molecule has 0 unspecified atom stereocenters. The van der Waals surface area contributed by atoms with Gasteiger partial charge < -0.3 is 16.0 Å². The molecular weight excluding hydrogens is 405 g/mol. The van der Waals surface area contributed by atoms with E-state index in [1.54, 1.807) is 12.1 Å². The molecule has 3 N–H and O–H groups in total. The van der Waals surface area contributed by atoms with Crippen LogP contribution in [0.2, 0.25) is 0 Å². The van der Waals surface area contributed by atoms with Crippen LogP contribution in [0.4, 0.5) is 10.1 Å². The molecule has 160 valence electrons. The first kappa shape index (κ1) is 22.2. The molecule has 1 heterocycles. The Kier molecular flexibility index (Phi) is 7.10. The van der Waals surface area contributed by atoms with Crippen molar-refractivity contribution in [3.05, 3.63) is 65.5 Å². The topological polar surface area (TPSA) is 70.2 Å². The molecule has 2 atom stereocenters. The van der Waals surface area contributed by atoms with Gasteiger partial charge in [0.25, 0.3) is 5.91 Å². The molecule has 7 heteroatoms. The molecule has 2 aromatic carbocycles. The molecule has 1 saturated carbocycles. The van der Waals surface area contributed by atoms with Gasteiger partial charge in [-0.15, -0.1) is 12.4 Å². The molecule has 0 bridgehead atoms. The molecule has 4 rings (SSSR count). The summed E-state index contributed by atoms with van der Waals surface area (Å²) in [6.45, 7) is 2.10. The van der Waals surface area contributed by atoms with Gasteiger partial charge in [0, 0.05) is 24.3 Å². The second-order valence-corrected chi connectivity index (χ2v) is 8.08. The number of nitrogens with one attached hydrogen (secondary N) is 3. The summed E-state index contributed by atoms with van der Waals surface area (Å²) in [7, 11) is 0. The van der Waals surface area contributed by atoms with Gasteiger partial charge in [-0.2, -0.15) is 0 Å². The summed E-state index contributed by atoms with van der Waals surface area (Å²) in [5, 5.41) is 9.29. The van der Waals surface area contributed by atoms with Crippen LogP contribution in [0.5, 0.6) is 0 Å². The highest BCUT2D eigenvalue weighted by atomic mass is 35.5. The first-order valence-corrected chi connectivity index (χ1v) is 10.2. The molecule has 0 radical (unpaired) electrons. The maximum atomic E-state index is 13.3. The molecular formula is C23H27ClFN3O2. The summed E-state index contributed by atoms with van der Waals surface area (Å²) >= 11 is 0. The van der Waals surface area contributed by atoms with E-state index in [0.717, 1.165) is 37.9 Å². The number of hydrogen-bond acceptors (Lipinski definition) is 3. The zero-order chi connectivity index (χ0) is 20.3. The second-order valence-electron chi connectivity index (χ2n) is 8.08. The van der Waals surface area contributed by atoms with Gasteiger partial charge in [-0.05, 0) is 61.2 Å². The first-order valence-electron chi connectivity index (χ1n) is 10.2. The summed E-state index contributed by atoms with van der Waals surface area (Å²) < 4.78 is 13.3. The Morgan fingerprint density at radius 2 is 1.97 bits per heavy atom. The van der Waals surface area contributed by atoms with Crippen molar-refractivity contribution >= 4 is 29.9 Å². The molecule has 1 aliphatic carbocycles. The van der Waals surface area contributed by atoms with Crippen molar-refractivity contribution in [2.75, 3.05) is 18.4 Å². The number of anilines is 1. The van der Waals surface area contributed by atoms with Gasteiger partial charge in [-0.3, -0.25) is 9.59 Å². The van der Waals surface area contributed by atoms with E-state index in [4.69, 9.17) is 0 Å². The van der Waals surface area contributed by atoms with E-state index in [1.807, 2.05) is 18.2 Å². The highest BCUT2D eigenvalue weighted by molar-refractivity contribution is 6.04. The van der Waals surface area contributed by atoms with Crippen molar-refractivity contribution in [1.82, 2.24) is 10.6 Å². The third-order valence-electron chi connectivity index (χ3n) is 6.22. The average Bonchev–Trinajstić information content (AvgIpc) is 3.18. The molecule has 0 aromatic heterocycles. The normalized spacial score (nSPS) is 22.5. The fourth-order valence-corrected chi connectivity index (χ4v) is 4.64. The van der Waals surface area contributed by atoms with Crippen LogP contribution in [0, 0.1) is 17.2 Å². The second kappa shape index (κ2) is 9.58. The number of hydrogen-bond donors (Lipinski definition) is 3. The van der Waals surface area contributed by atoms with Crippen LogP contribution in [0.3, 0.4) is 0 Å². The SMILES string of the molecule is Cl.O=C(Nc1cccc(CNC(=O)[C@@]23CCCC[C@H]2CNC3)c1)c1cccc(F)c1. The summed E-state index contributed by atoms with van der Waals surface area (Å²) in [5.41, 5.74) is 1.51. The highest BCUT2D eigenvalue weighted by Crippen LogP contribution is 2.43. The van der Waals surface area contributed by atoms with Crippen LogP contribution < -0.4 is 16.0 Å². The van der Waals surface area contributed by atoms with Gasteiger partial charge >= 0.3 is 0 Å². The lowest BCUT2D eigenvalue weighted by Crippen LogP contribution is -2.47. The standard InChI is InChI=1S/C23H26FN3O2.ClH/c24-19-8-4-6-17(12-19)21(28)27-20-9-3-5-16(11-20)13-26-22(29)23-10-2-1-7-18(23)14-25-15-23;/h3-6,8-9,11-12,18,25H,1-2,7,10,13-15H2,(H,26,29)(H,27,28);1H/t18-,23+;/m0./s1. The minimum Gasteiger partial charge on any atom is -0.351 e. The Bertz CT molecular complexity index is 923. The van der Waals surface area contributed by atoms with E-state index in [-0.39, 0.29) is 35.2 Å². The summed E-state index contributed by atoms with van der Waals surface area (Å²) in [4.78, 5) is 25.3. The third kappa shape index (κ3) is 4.65. The fourth-order valence-electron chi connectivity index (χ4n) is 4.64. The molecule has 0 spiro atoms. The average molecular weight is 432 g/mol. The summed E-state index contributed by atoms with van der Waals surface area (Å²) in [5.74, 6) is -0.267. The number of halogens is 2. The van der Waals surface area contributed by atoms with Crippen molar-refractivity contribution in [3.63, 3.8) is 0 Å². The van der Waals surface area contributed by atoms with Crippen LogP contribution in [-0.2, 0) is 11.3 Å². The summed E-state index contributed by atoms with van der Waals surface area (Å²) in [6.07, 6.45) is 4.36. The number of benzene rings is 2. The van der Waals surface area contributed by atoms with Gasteiger partial charge in [0.2, 0.25) is 5.91 Å². The highest BCUT2D eigenvalue weighted by Gasteiger charge is 2.49. The lowest BCUT2D eigenvalue weighted by Gasteiger charge is -2.37.